The van der Waals surface area contributed by atoms with E-state index in [2.05, 4.69) is 36.0 Å². The summed E-state index contributed by atoms with van der Waals surface area (Å²) in [6, 6.07) is 3.21. The van der Waals surface area contributed by atoms with E-state index in [9.17, 15) is 4.79 Å². The number of tetrazole rings is 1. The largest absolute Gasteiger partial charge is 0.289 e. The molecule has 9 heteroatoms. The van der Waals surface area contributed by atoms with Crippen LogP contribution in [0.15, 0.2) is 18.3 Å². The third kappa shape index (κ3) is 2.20. The topological polar surface area (TPSA) is 114 Å². The Balaban J connectivity index is 1.80. The summed E-state index contributed by atoms with van der Waals surface area (Å²) in [6.07, 6.45) is 1.61. The van der Waals surface area contributed by atoms with Gasteiger partial charge < -0.3 is 0 Å². The number of fused-ring (bicyclic) bond motifs is 1. The van der Waals surface area contributed by atoms with Crippen LogP contribution in [0.2, 0.25) is 0 Å². The molecular weight excluding hydrogens is 260 g/mol. The van der Waals surface area contributed by atoms with Gasteiger partial charge in [-0.3, -0.25) is 15.2 Å². The molecule has 20 heavy (non-hydrogen) atoms. The second-order valence-corrected chi connectivity index (χ2v) is 4.55. The van der Waals surface area contributed by atoms with Gasteiger partial charge in [0.1, 0.15) is 5.82 Å². The summed E-state index contributed by atoms with van der Waals surface area (Å²) in [5.74, 6) is 0.868. The van der Waals surface area contributed by atoms with Crippen LogP contribution in [-0.2, 0) is 0 Å². The van der Waals surface area contributed by atoms with Crippen molar-refractivity contribution in [2.24, 2.45) is 0 Å². The molecule has 3 aromatic heterocycles. The lowest BCUT2D eigenvalue weighted by molar-refractivity contribution is 0.102. The number of rotatable bonds is 3. The maximum atomic E-state index is 12.1. The first-order chi connectivity index (χ1) is 9.63. The molecule has 9 nitrogen and oxygen atoms in total. The Morgan fingerprint density at radius 1 is 1.45 bits per heavy atom. The fraction of sp³-hybridized carbons (Fsp3) is 0.273. The maximum absolute atomic E-state index is 12.1. The summed E-state index contributed by atoms with van der Waals surface area (Å²) in [7, 11) is 0. The van der Waals surface area contributed by atoms with Crippen LogP contribution in [0.3, 0.4) is 0 Å². The zero-order valence-electron chi connectivity index (χ0n) is 10.9. The summed E-state index contributed by atoms with van der Waals surface area (Å²) >= 11 is 0. The number of H-pyrrole nitrogens is 1. The van der Waals surface area contributed by atoms with E-state index in [0.717, 1.165) is 5.82 Å². The molecule has 0 saturated carbocycles. The third-order valence-electron chi connectivity index (χ3n) is 2.74. The predicted molar refractivity (Wildman–Crippen MR) is 69.2 cm³/mol. The van der Waals surface area contributed by atoms with E-state index in [1.165, 1.54) is 4.52 Å². The molecule has 3 heterocycles. The maximum Gasteiger partial charge on any atom is 0.258 e. The summed E-state index contributed by atoms with van der Waals surface area (Å²) in [5.41, 5.74) is 0.929. The van der Waals surface area contributed by atoms with E-state index in [1.54, 1.807) is 18.3 Å². The molecule has 0 fully saturated rings. The van der Waals surface area contributed by atoms with Crippen molar-refractivity contribution in [1.29, 1.82) is 0 Å². The van der Waals surface area contributed by atoms with E-state index in [4.69, 9.17) is 0 Å². The molecule has 0 aliphatic rings. The minimum absolute atomic E-state index is 0.214. The minimum atomic E-state index is -0.315. The highest BCUT2D eigenvalue weighted by molar-refractivity contribution is 6.03. The lowest BCUT2D eigenvalue weighted by atomic mass is 10.2. The van der Waals surface area contributed by atoms with Crippen LogP contribution in [0.1, 0.15) is 35.9 Å². The van der Waals surface area contributed by atoms with Crippen molar-refractivity contribution in [3.05, 3.63) is 29.7 Å². The molecule has 0 saturated heterocycles. The Morgan fingerprint density at radius 3 is 3.05 bits per heavy atom. The number of aromatic amines is 1. The standard InChI is InChI=1S/C11H12N8O/c1-6(2)9-12-11(16-15-9)13-10(20)7-3-4-19-8(5-7)14-17-18-19/h3-6H,1-2H3,(H2,12,13,15,16,20). The fourth-order valence-electron chi connectivity index (χ4n) is 1.64. The Hall–Kier alpha value is -2.84. The number of hydrogen-bond donors (Lipinski definition) is 2. The van der Waals surface area contributed by atoms with E-state index in [1.807, 2.05) is 13.8 Å². The van der Waals surface area contributed by atoms with Crippen LogP contribution in [0, 0.1) is 0 Å². The van der Waals surface area contributed by atoms with Gasteiger partial charge in [0.15, 0.2) is 5.65 Å². The molecule has 0 aliphatic heterocycles. The van der Waals surface area contributed by atoms with Gasteiger partial charge in [0.25, 0.3) is 5.91 Å². The van der Waals surface area contributed by atoms with Crippen molar-refractivity contribution < 1.29 is 4.79 Å². The molecule has 0 spiro atoms. The second kappa shape index (κ2) is 4.68. The Morgan fingerprint density at radius 2 is 2.30 bits per heavy atom. The first-order valence-electron chi connectivity index (χ1n) is 6.05. The van der Waals surface area contributed by atoms with Crippen molar-refractivity contribution in [3.63, 3.8) is 0 Å². The van der Waals surface area contributed by atoms with Crippen LogP contribution >= 0.6 is 0 Å². The zero-order valence-corrected chi connectivity index (χ0v) is 10.9. The van der Waals surface area contributed by atoms with Crippen molar-refractivity contribution in [2.45, 2.75) is 19.8 Å². The predicted octanol–water partition coefficient (Wildman–Crippen LogP) is 0.618. The number of nitrogens with one attached hydrogen (secondary N) is 2. The van der Waals surface area contributed by atoms with Crippen LogP contribution in [-0.4, -0.2) is 41.1 Å². The molecule has 0 bridgehead atoms. The molecule has 102 valence electrons. The van der Waals surface area contributed by atoms with Gasteiger partial charge in [-0.05, 0) is 22.6 Å². The summed E-state index contributed by atoms with van der Waals surface area (Å²) < 4.78 is 1.47. The second-order valence-electron chi connectivity index (χ2n) is 4.55. The third-order valence-corrected chi connectivity index (χ3v) is 2.74. The number of pyridine rings is 1. The highest BCUT2D eigenvalue weighted by atomic mass is 16.1. The van der Waals surface area contributed by atoms with Gasteiger partial charge in [-0.25, -0.2) is 4.52 Å². The molecule has 2 N–H and O–H groups in total. The quantitative estimate of drug-likeness (QED) is 0.722. The highest BCUT2D eigenvalue weighted by Crippen LogP contribution is 2.11. The van der Waals surface area contributed by atoms with E-state index >= 15 is 0 Å². The molecule has 0 atom stereocenters. The summed E-state index contributed by atoms with van der Waals surface area (Å²) in [4.78, 5) is 16.3. The van der Waals surface area contributed by atoms with Crippen LogP contribution in [0.5, 0.6) is 0 Å². The monoisotopic (exact) mass is 272 g/mol. The first kappa shape index (κ1) is 12.2. The van der Waals surface area contributed by atoms with Crippen molar-refractivity contribution in [3.8, 4) is 0 Å². The molecule has 3 aromatic rings. The smallest absolute Gasteiger partial charge is 0.258 e. The molecule has 0 aliphatic carbocycles. The minimum Gasteiger partial charge on any atom is -0.289 e. The fourth-order valence-corrected chi connectivity index (χ4v) is 1.64. The van der Waals surface area contributed by atoms with Gasteiger partial charge in [0.2, 0.25) is 5.95 Å². The highest BCUT2D eigenvalue weighted by Gasteiger charge is 2.12. The van der Waals surface area contributed by atoms with Crippen LogP contribution < -0.4 is 5.32 Å². The van der Waals surface area contributed by atoms with Gasteiger partial charge in [-0.2, -0.15) is 4.98 Å². The molecule has 3 rings (SSSR count). The van der Waals surface area contributed by atoms with Crippen molar-refractivity contribution in [1.82, 2.24) is 35.2 Å². The number of hydrogen-bond acceptors (Lipinski definition) is 6. The average Bonchev–Trinajstić information content (AvgIpc) is 3.05. The van der Waals surface area contributed by atoms with Gasteiger partial charge in [-0.1, -0.05) is 13.8 Å². The Bertz CT molecular complexity index is 758. The SMILES string of the molecule is CC(C)c1nc(NC(=O)c2ccn3nnnc3c2)n[nH]1. The number of nitrogens with zero attached hydrogens (tertiary/aromatic N) is 6. The Kier molecular flexibility index (Phi) is 2.86. The number of anilines is 1. The number of amides is 1. The molecular formula is C11H12N8O. The normalized spacial score (nSPS) is 11.2. The van der Waals surface area contributed by atoms with Gasteiger partial charge >= 0.3 is 0 Å². The average molecular weight is 272 g/mol. The van der Waals surface area contributed by atoms with E-state index in [0.29, 0.717) is 11.2 Å². The zero-order chi connectivity index (χ0) is 14.1. The lowest BCUT2D eigenvalue weighted by Gasteiger charge is -2.00. The van der Waals surface area contributed by atoms with E-state index in [-0.39, 0.29) is 17.8 Å². The summed E-state index contributed by atoms with van der Waals surface area (Å²) in [5, 5.41) is 20.3. The number of aromatic nitrogens is 7. The molecule has 1 amide bonds. The molecule has 0 unspecified atom stereocenters. The Labute approximate surface area is 113 Å². The first-order valence-corrected chi connectivity index (χ1v) is 6.05. The van der Waals surface area contributed by atoms with Gasteiger partial charge in [0.05, 0.1) is 0 Å². The van der Waals surface area contributed by atoms with Crippen LogP contribution in [0.4, 0.5) is 5.95 Å². The van der Waals surface area contributed by atoms with Crippen LogP contribution in [0.25, 0.3) is 5.65 Å². The van der Waals surface area contributed by atoms with Gasteiger partial charge in [0, 0.05) is 17.7 Å². The van der Waals surface area contributed by atoms with E-state index < -0.39 is 0 Å². The lowest BCUT2D eigenvalue weighted by Crippen LogP contribution is -2.13. The van der Waals surface area contributed by atoms with Gasteiger partial charge in [-0.15, -0.1) is 10.2 Å². The summed E-state index contributed by atoms with van der Waals surface area (Å²) in [6.45, 7) is 3.97. The molecule has 0 radical (unpaired) electrons. The number of carbonyl (C=O) groups excluding carboxylic acids is 1. The van der Waals surface area contributed by atoms with Crippen molar-refractivity contribution in [2.75, 3.05) is 5.32 Å². The number of carbonyl (C=O) groups is 1. The van der Waals surface area contributed by atoms with Crippen molar-refractivity contribution >= 4 is 17.5 Å². The molecule has 0 aromatic carbocycles.